The lowest BCUT2D eigenvalue weighted by Crippen LogP contribution is -2.09. The summed E-state index contributed by atoms with van der Waals surface area (Å²) in [5, 5.41) is 12.0. The van der Waals surface area contributed by atoms with E-state index in [1.807, 2.05) is 17.6 Å². The quantitative estimate of drug-likeness (QED) is 0.868. The lowest BCUT2D eigenvalue weighted by Gasteiger charge is -2.08. The van der Waals surface area contributed by atoms with E-state index in [1.165, 1.54) is 11.1 Å². The van der Waals surface area contributed by atoms with Gasteiger partial charge >= 0.3 is 5.97 Å². The van der Waals surface area contributed by atoms with E-state index < -0.39 is 5.97 Å². The van der Waals surface area contributed by atoms with E-state index in [1.54, 1.807) is 0 Å². The van der Waals surface area contributed by atoms with Crippen molar-refractivity contribution in [2.45, 2.75) is 33.7 Å². The third kappa shape index (κ3) is 2.70. The number of hydrogen-bond acceptors (Lipinski definition) is 3. The Morgan fingerprint density at radius 3 is 2.68 bits per heavy atom. The number of aryl methyl sites for hydroxylation is 3. The molecule has 0 spiro atoms. The van der Waals surface area contributed by atoms with Gasteiger partial charge in [-0.25, -0.2) is 4.98 Å². The zero-order valence-corrected chi connectivity index (χ0v) is 11.5. The smallest absolute Gasteiger partial charge is 0.305 e. The van der Waals surface area contributed by atoms with Gasteiger partial charge in [-0.15, -0.1) is 0 Å². The fourth-order valence-corrected chi connectivity index (χ4v) is 2.11. The molecular formula is C14H19N3O2. The van der Waals surface area contributed by atoms with E-state index in [-0.39, 0.29) is 6.42 Å². The van der Waals surface area contributed by atoms with E-state index in [0.29, 0.717) is 6.54 Å². The molecule has 0 fully saturated rings. The number of nitrogens with one attached hydrogen (secondary N) is 1. The molecule has 0 bridgehead atoms. The van der Waals surface area contributed by atoms with Gasteiger partial charge < -0.3 is 15.0 Å². The first-order valence-corrected chi connectivity index (χ1v) is 6.46. The van der Waals surface area contributed by atoms with Crippen molar-refractivity contribution in [2.75, 3.05) is 11.9 Å². The largest absolute Gasteiger partial charge is 0.481 e. The highest BCUT2D eigenvalue weighted by Crippen LogP contribution is 2.23. The summed E-state index contributed by atoms with van der Waals surface area (Å²) in [6, 6.07) is 4.11. The highest BCUT2D eigenvalue weighted by molar-refractivity contribution is 5.80. The standard InChI is InChI=1S/C14H19N3O2/c1-4-15-14-16-11-7-9(2)10(3)8-12(11)17(14)6-5-13(18)19/h7-8H,4-6H2,1-3H3,(H,15,16)(H,18,19). The molecular weight excluding hydrogens is 242 g/mol. The van der Waals surface area contributed by atoms with Gasteiger partial charge in [0.05, 0.1) is 17.5 Å². The summed E-state index contributed by atoms with van der Waals surface area (Å²) >= 11 is 0. The normalized spacial score (nSPS) is 10.9. The molecule has 1 aromatic heterocycles. The number of benzene rings is 1. The number of fused-ring (bicyclic) bond motifs is 1. The number of carbonyl (C=O) groups is 1. The van der Waals surface area contributed by atoms with Crippen LogP contribution in [-0.2, 0) is 11.3 Å². The Morgan fingerprint density at radius 1 is 1.37 bits per heavy atom. The molecule has 0 radical (unpaired) electrons. The molecule has 2 rings (SSSR count). The van der Waals surface area contributed by atoms with Crippen molar-refractivity contribution in [3.63, 3.8) is 0 Å². The van der Waals surface area contributed by atoms with Gasteiger partial charge in [0.15, 0.2) is 0 Å². The number of imidazole rings is 1. The van der Waals surface area contributed by atoms with E-state index in [0.717, 1.165) is 23.5 Å². The molecule has 5 nitrogen and oxygen atoms in total. The third-order valence-corrected chi connectivity index (χ3v) is 3.25. The highest BCUT2D eigenvalue weighted by atomic mass is 16.4. The fourth-order valence-electron chi connectivity index (χ4n) is 2.11. The third-order valence-electron chi connectivity index (χ3n) is 3.25. The van der Waals surface area contributed by atoms with E-state index in [4.69, 9.17) is 5.11 Å². The second kappa shape index (κ2) is 5.30. The molecule has 0 atom stereocenters. The maximum atomic E-state index is 10.8. The van der Waals surface area contributed by atoms with Gasteiger partial charge in [-0.2, -0.15) is 0 Å². The first-order valence-electron chi connectivity index (χ1n) is 6.46. The summed E-state index contributed by atoms with van der Waals surface area (Å²) in [5.74, 6) is -0.0584. The monoisotopic (exact) mass is 261 g/mol. The lowest BCUT2D eigenvalue weighted by molar-refractivity contribution is -0.137. The average molecular weight is 261 g/mol. The lowest BCUT2D eigenvalue weighted by atomic mass is 10.1. The zero-order chi connectivity index (χ0) is 14.0. The van der Waals surface area contributed by atoms with E-state index in [9.17, 15) is 4.79 Å². The summed E-state index contributed by atoms with van der Waals surface area (Å²) in [7, 11) is 0. The van der Waals surface area contributed by atoms with Crippen molar-refractivity contribution >= 4 is 23.0 Å². The molecule has 19 heavy (non-hydrogen) atoms. The van der Waals surface area contributed by atoms with Crippen LogP contribution in [0, 0.1) is 13.8 Å². The van der Waals surface area contributed by atoms with Crippen LogP contribution in [0.5, 0.6) is 0 Å². The first-order chi connectivity index (χ1) is 9.02. The molecule has 0 unspecified atom stereocenters. The number of nitrogens with zero attached hydrogens (tertiary/aromatic N) is 2. The summed E-state index contributed by atoms with van der Waals surface area (Å²) in [4.78, 5) is 15.3. The Bertz CT molecular complexity index is 617. The number of carboxylic acid groups (broad SMARTS) is 1. The molecule has 0 saturated carbocycles. The van der Waals surface area contributed by atoms with Crippen LogP contribution in [-0.4, -0.2) is 27.2 Å². The number of anilines is 1. The number of hydrogen-bond donors (Lipinski definition) is 2. The molecule has 5 heteroatoms. The summed E-state index contributed by atoms with van der Waals surface area (Å²) in [6.45, 7) is 7.29. The van der Waals surface area contributed by atoms with Gasteiger partial charge in [0, 0.05) is 13.1 Å². The Morgan fingerprint density at radius 2 is 2.05 bits per heavy atom. The Kier molecular flexibility index (Phi) is 3.74. The van der Waals surface area contributed by atoms with Gasteiger partial charge in [-0.05, 0) is 44.0 Å². The topological polar surface area (TPSA) is 67.2 Å². The average Bonchev–Trinajstić information content (AvgIpc) is 2.65. The van der Waals surface area contributed by atoms with Crippen LogP contribution in [0.4, 0.5) is 5.95 Å². The van der Waals surface area contributed by atoms with Gasteiger partial charge in [0.2, 0.25) is 5.95 Å². The van der Waals surface area contributed by atoms with Crippen molar-refractivity contribution < 1.29 is 9.90 Å². The van der Waals surface area contributed by atoms with Crippen LogP contribution in [0.2, 0.25) is 0 Å². The predicted molar refractivity (Wildman–Crippen MR) is 75.6 cm³/mol. The number of aliphatic carboxylic acids is 1. The second-order valence-electron chi connectivity index (χ2n) is 4.69. The van der Waals surface area contributed by atoms with Crippen molar-refractivity contribution in [3.8, 4) is 0 Å². The van der Waals surface area contributed by atoms with Crippen LogP contribution in [0.1, 0.15) is 24.5 Å². The maximum Gasteiger partial charge on any atom is 0.305 e. The van der Waals surface area contributed by atoms with Crippen LogP contribution in [0.25, 0.3) is 11.0 Å². The second-order valence-corrected chi connectivity index (χ2v) is 4.69. The van der Waals surface area contributed by atoms with Crippen molar-refractivity contribution in [2.24, 2.45) is 0 Å². The fraction of sp³-hybridized carbons (Fsp3) is 0.429. The maximum absolute atomic E-state index is 10.8. The van der Waals surface area contributed by atoms with Crippen LogP contribution >= 0.6 is 0 Å². The molecule has 1 aromatic carbocycles. The minimum absolute atomic E-state index is 0.0940. The first kappa shape index (κ1) is 13.4. The minimum Gasteiger partial charge on any atom is -0.481 e. The molecule has 0 amide bonds. The van der Waals surface area contributed by atoms with Gasteiger partial charge in [-0.1, -0.05) is 0 Å². The number of aromatic nitrogens is 2. The van der Waals surface area contributed by atoms with Crippen molar-refractivity contribution in [3.05, 3.63) is 23.3 Å². The molecule has 102 valence electrons. The Hall–Kier alpha value is -2.04. The summed E-state index contributed by atoms with van der Waals surface area (Å²) < 4.78 is 1.94. The Labute approximate surface area is 112 Å². The van der Waals surface area contributed by atoms with Gasteiger partial charge in [0.25, 0.3) is 0 Å². The molecule has 2 aromatic rings. The number of rotatable bonds is 5. The summed E-state index contributed by atoms with van der Waals surface area (Å²) in [5.41, 5.74) is 4.27. The van der Waals surface area contributed by atoms with Gasteiger partial charge in [-0.3, -0.25) is 4.79 Å². The summed E-state index contributed by atoms with van der Waals surface area (Å²) in [6.07, 6.45) is 0.0940. The van der Waals surface area contributed by atoms with Crippen LogP contribution in [0.3, 0.4) is 0 Å². The molecule has 1 heterocycles. The highest BCUT2D eigenvalue weighted by Gasteiger charge is 2.12. The van der Waals surface area contributed by atoms with Crippen molar-refractivity contribution in [1.29, 1.82) is 0 Å². The minimum atomic E-state index is -0.798. The number of carboxylic acids is 1. The zero-order valence-electron chi connectivity index (χ0n) is 11.5. The SMILES string of the molecule is CCNc1nc2cc(C)c(C)cc2n1CCC(=O)O. The van der Waals surface area contributed by atoms with E-state index >= 15 is 0 Å². The van der Waals surface area contributed by atoms with Crippen LogP contribution < -0.4 is 5.32 Å². The Balaban J connectivity index is 2.51. The molecule has 0 saturated heterocycles. The van der Waals surface area contributed by atoms with Crippen molar-refractivity contribution in [1.82, 2.24) is 9.55 Å². The van der Waals surface area contributed by atoms with E-state index in [2.05, 4.69) is 30.2 Å². The van der Waals surface area contributed by atoms with Crippen LogP contribution in [0.15, 0.2) is 12.1 Å². The molecule has 2 N–H and O–H groups in total. The molecule has 0 aliphatic rings. The molecule has 0 aliphatic heterocycles. The predicted octanol–water partition coefficient (Wildman–Crippen LogP) is 2.56. The molecule has 0 aliphatic carbocycles. The van der Waals surface area contributed by atoms with Gasteiger partial charge in [0.1, 0.15) is 0 Å².